The highest BCUT2D eigenvalue weighted by atomic mass is 16.2. The zero-order valence-electron chi connectivity index (χ0n) is 10.5. The number of rotatable bonds is 4. The molecule has 1 atom stereocenters. The molecule has 2 rings (SSSR count). The van der Waals surface area contributed by atoms with E-state index in [2.05, 4.69) is 22.9 Å². The van der Waals surface area contributed by atoms with Gasteiger partial charge in [-0.1, -0.05) is 19.1 Å². The molecule has 5 heteroatoms. The number of nitrogens with one attached hydrogen (secondary N) is 3. The first-order valence-electron chi connectivity index (χ1n) is 6.03. The molecule has 5 nitrogen and oxygen atoms in total. The fraction of sp³-hybridized carbons (Fsp3) is 0.385. The maximum absolute atomic E-state index is 11.8. The topological polar surface area (TPSA) is 70.2 Å². The van der Waals surface area contributed by atoms with Gasteiger partial charge in [-0.3, -0.25) is 14.9 Å². The number of hydrogen-bond donors (Lipinski definition) is 3. The van der Waals surface area contributed by atoms with Gasteiger partial charge in [-0.2, -0.15) is 0 Å². The van der Waals surface area contributed by atoms with E-state index in [9.17, 15) is 9.59 Å². The Labute approximate surface area is 106 Å². The van der Waals surface area contributed by atoms with Crippen molar-refractivity contribution in [3.05, 3.63) is 29.3 Å². The summed E-state index contributed by atoms with van der Waals surface area (Å²) in [5.74, 6) is -0.245. The molecule has 0 saturated heterocycles. The van der Waals surface area contributed by atoms with Crippen LogP contribution in [0.4, 0.5) is 5.69 Å². The molecule has 1 aliphatic rings. The fourth-order valence-electron chi connectivity index (χ4n) is 2.02. The lowest BCUT2D eigenvalue weighted by Crippen LogP contribution is -2.36. The van der Waals surface area contributed by atoms with Crippen LogP contribution in [0.15, 0.2) is 18.2 Å². The lowest BCUT2D eigenvalue weighted by Gasteiger charge is -2.11. The molecule has 3 N–H and O–H groups in total. The summed E-state index contributed by atoms with van der Waals surface area (Å²) >= 11 is 0. The summed E-state index contributed by atoms with van der Waals surface area (Å²) in [5.41, 5.74) is 2.92. The molecule has 0 bridgehead atoms. The van der Waals surface area contributed by atoms with E-state index in [0.29, 0.717) is 0 Å². The minimum Gasteiger partial charge on any atom is -0.358 e. The molecule has 0 aromatic heterocycles. The Morgan fingerprint density at radius 2 is 2.22 bits per heavy atom. The third-order valence-electron chi connectivity index (χ3n) is 3.10. The van der Waals surface area contributed by atoms with E-state index in [0.717, 1.165) is 17.7 Å². The number of anilines is 1. The summed E-state index contributed by atoms with van der Waals surface area (Å²) in [7, 11) is 1.57. The van der Waals surface area contributed by atoms with Gasteiger partial charge in [0.05, 0.1) is 6.54 Å². The molecular weight excluding hydrogens is 230 g/mol. The molecule has 1 aliphatic heterocycles. The number of fused-ring (bicyclic) bond motifs is 1. The van der Waals surface area contributed by atoms with Crippen molar-refractivity contribution in [3.63, 3.8) is 0 Å². The van der Waals surface area contributed by atoms with Gasteiger partial charge < -0.3 is 10.6 Å². The van der Waals surface area contributed by atoms with Gasteiger partial charge >= 0.3 is 0 Å². The number of carbonyl (C=O) groups excluding carboxylic acids is 2. The highest BCUT2D eigenvalue weighted by molar-refractivity contribution is 6.02. The molecule has 18 heavy (non-hydrogen) atoms. The first kappa shape index (κ1) is 12.6. The number of aryl methyl sites for hydroxylation is 1. The summed E-state index contributed by atoms with van der Waals surface area (Å²) in [6, 6.07) is 5.48. The van der Waals surface area contributed by atoms with E-state index >= 15 is 0 Å². The maximum Gasteiger partial charge on any atom is 0.246 e. The largest absolute Gasteiger partial charge is 0.358 e. The predicted molar refractivity (Wildman–Crippen MR) is 69.3 cm³/mol. The highest BCUT2D eigenvalue weighted by Gasteiger charge is 2.30. The van der Waals surface area contributed by atoms with Gasteiger partial charge in [0, 0.05) is 18.3 Å². The average molecular weight is 247 g/mol. The summed E-state index contributed by atoms with van der Waals surface area (Å²) in [6.45, 7) is 2.20. The van der Waals surface area contributed by atoms with Crippen LogP contribution in [-0.4, -0.2) is 25.4 Å². The van der Waals surface area contributed by atoms with E-state index < -0.39 is 6.04 Å². The lowest BCUT2D eigenvalue weighted by molar-refractivity contribution is -0.120. The monoisotopic (exact) mass is 247 g/mol. The van der Waals surface area contributed by atoms with Crippen molar-refractivity contribution < 1.29 is 9.59 Å². The van der Waals surface area contributed by atoms with Crippen molar-refractivity contribution in [1.29, 1.82) is 0 Å². The quantitative estimate of drug-likeness (QED) is 0.729. The molecule has 96 valence electrons. The van der Waals surface area contributed by atoms with Gasteiger partial charge in [0.15, 0.2) is 0 Å². The minimum atomic E-state index is -0.441. The van der Waals surface area contributed by atoms with E-state index in [-0.39, 0.29) is 18.4 Å². The molecule has 1 unspecified atom stereocenters. The highest BCUT2D eigenvalue weighted by Crippen LogP contribution is 2.31. The second kappa shape index (κ2) is 5.18. The Kier molecular flexibility index (Phi) is 3.62. The van der Waals surface area contributed by atoms with Crippen molar-refractivity contribution in [1.82, 2.24) is 10.6 Å². The van der Waals surface area contributed by atoms with Gasteiger partial charge in [0.25, 0.3) is 0 Å². The number of carbonyl (C=O) groups is 2. The smallest absolute Gasteiger partial charge is 0.246 e. The molecule has 2 amide bonds. The van der Waals surface area contributed by atoms with Crippen molar-refractivity contribution in [2.45, 2.75) is 19.4 Å². The van der Waals surface area contributed by atoms with Crippen LogP contribution in [0.5, 0.6) is 0 Å². The van der Waals surface area contributed by atoms with Gasteiger partial charge in [0.1, 0.15) is 6.04 Å². The first-order chi connectivity index (χ1) is 8.65. The third-order valence-corrected chi connectivity index (χ3v) is 3.10. The molecule has 0 saturated carbocycles. The first-order valence-corrected chi connectivity index (χ1v) is 6.03. The Morgan fingerprint density at radius 3 is 2.89 bits per heavy atom. The van der Waals surface area contributed by atoms with Gasteiger partial charge in [-0.15, -0.1) is 0 Å². The van der Waals surface area contributed by atoms with Gasteiger partial charge in [-0.25, -0.2) is 0 Å². The van der Waals surface area contributed by atoms with Crippen LogP contribution in [-0.2, 0) is 16.0 Å². The normalized spacial score (nSPS) is 17.2. The van der Waals surface area contributed by atoms with E-state index in [4.69, 9.17) is 0 Å². The van der Waals surface area contributed by atoms with Crippen LogP contribution in [0.1, 0.15) is 24.1 Å². The summed E-state index contributed by atoms with van der Waals surface area (Å²) in [6.07, 6.45) is 0.920. The Balaban J connectivity index is 2.18. The second-order valence-corrected chi connectivity index (χ2v) is 4.25. The van der Waals surface area contributed by atoms with Crippen molar-refractivity contribution in [2.24, 2.45) is 0 Å². The van der Waals surface area contributed by atoms with Crippen molar-refractivity contribution in [2.75, 3.05) is 18.9 Å². The Bertz CT molecular complexity index is 485. The summed E-state index contributed by atoms with van der Waals surface area (Å²) < 4.78 is 0. The van der Waals surface area contributed by atoms with Crippen LogP contribution in [0.3, 0.4) is 0 Å². The summed E-state index contributed by atoms with van der Waals surface area (Å²) in [4.78, 5) is 23.0. The standard InChI is InChI=1S/C13H17N3O2/c1-3-8-4-5-10-9(6-8)12(13(18)16-10)15-7-11(17)14-2/h4-6,12,15H,3,7H2,1-2H3,(H,14,17)(H,16,18). The third kappa shape index (κ3) is 2.36. The zero-order chi connectivity index (χ0) is 13.1. The maximum atomic E-state index is 11.8. The fourth-order valence-corrected chi connectivity index (χ4v) is 2.02. The van der Waals surface area contributed by atoms with E-state index in [1.165, 1.54) is 5.56 Å². The van der Waals surface area contributed by atoms with Gasteiger partial charge in [0.2, 0.25) is 11.8 Å². The molecule has 0 spiro atoms. The molecule has 0 radical (unpaired) electrons. The molecule has 1 aromatic rings. The zero-order valence-corrected chi connectivity index (χ0v) is 10.5. The second-order valence-electron chi connectivity index (χ2n) is 4.25. The van der Waals surface area contributed by atoms with Gasteiger partial charge in [-0.05, 0) is 18.1 Å². The lowest BCUT2D eigenvalue weighted by atomic mass is 10.0. The van der Waals surface area contributed by atoms with Crippen molar-refractivity contribution in [3.8, 4) is 0 Å². The molecule has 1 aromatic carbocycles. The van der Waals surface area contributed by atoms with E-state index in [1.54, 1.807) is 7.05 Å². The van der Waals surface area contributed by atoms with Crippen LogP contribution < -0.4 is 16.0 Å². The molecule has 0 aliphatic carbocycles. The molecular formula is C13H17N3O2. The minimum absolute atomic E-state index is 0.109. The molecule has 1 heterocycles. The number of benzene rings is 1. The van der Waals surface area contributed by atoms with E-state index in [1.807, 2.05) is 18.2 Å². The van der Waals surface area contributed by atoms with Crippen LogP contribution >= 0.6 is 0 Å². The van der Waals surface area contributed by atoms with Crippen LogP contribution in [0.2, 0.25) is 0 Å². The average Bonchev–Trinajstić information content (AvgIpc) is 2.70. The molecule has 0 fully saturated rings. The number of amides is 2. The summed E-state index contributed by atoms with van der Waals surface area (Å²) in [5, 5.41) is 8.29. The van der Waals surface area contributed by atoms with Crippen LogP contribution in [0.25, 0.3) is 0 Å². The number of likely N-dealkylation sites (N-methyl/N-ethyl adjacent to an activating group) is 1. The van der Waals surface area contributed by atoms with Crippen molar-refractivity contribution >= 4 is 17.5 Å². The number of hydrogen-bond acceptors (Lipinski definition) is 3. The van der Waals surface area contributed by atoms with Crippen LogP contribution in [0, 0.1) is 0 Å². The Hall–Kier alpha value is -1.88. The SMILES string of the molecule is CCc1ccc2c(c1)C(NCC(=O)NC)C(=O)N2. The Morgan fingerprint density at radius 1 is 1.44 bits per heavy atom. The predicted octanol–water partition coefficient (Wildman–Crippen LogP) is 0.578.